The molecule has 2 aromatic carbocycles. The van der Waals surface area contributed by atoms with Crippen LogP contribution in [0.2, 0.25) is 0 Å². The van der Waals surface area contributed by atoms with Gasteiger partial charge < -0.3 is 0 Å². The van der Waals surface area contributed by atoms with Crippen LogP contribution >= 0.6 is 15.9 Å². The first kappa shape index (κ1) is 13.4. The van der Waals surface area contributed by atoms with Crippen molar-refractivity contribution in [2.24, 2.45) is 5.10 Å². The van der Waals surface area contributed by atoms with Gasteiger partial charge in [0.1, 0.15) is 5.82 Å². The Bertz CT molecular complexity index is 611. The number of halogens is 2. The van der Waals surface area contributed by atoms with E-state index in [4.69, 9.17) is 0 Å². The summed E-state index contributed by atoms with van der Waals surface area (Å²) in [4.78, 5) is 11.7. The minimum Gasteiger partial charge on any atom is -0.267 e. The van der Waals surface area contributed by atoms with Crippen molar-refractivity contribution in [1.82, 2.24) is 5.43 Å². The molecule has 0 radical (unpaired) electrons. The van der Waals surface area contributed by atoms with Crippen molar-refractivity contribution in [3.63, 3.8) is 0 Å². The molecule has 0 fully saturated rings. The lowest BCUT2D eigenvalue weighted by molar-refractivity contribution is 0.0955. The molecule has 0 aliphatic rings. The second-order valence-electron chi connectivity index (χ2n) is 3.76. The third-order valence-electron chi connectivity index (χ3n) is 2.34. The molecule has 0 saturated carbocycles. The zero-order chi connectivity index (χ0) is 13.7. The smallest absolute Gasteiger partial charge is 0.267 e. The van der Waals surface area contributed by atoms with Crippen molar-refractivity contribution >= 4 is 28.1 Å². The maximum absolute atomic E-state index is 12.7. The summed E-state index contributed by atoms with van der Waals surface area (Å²) in [5.41, 5.74) is 3.61. The number of rotatable bonds is 3. The monoisotopic (exact) mass is 320 g/mol. The van der Waals surface area contributed by atoms with E-state index in [1.807, 2.05) is 6.07 Å². The van der Waals surface area contributed by atoms with Crippen molar-refractivity contribution in [3.05, 3.63) is 69.9 Å². The largest absolute Gasteiger partial charge is 0.271 e. The van der Waals surface area contributed by atoms with Gasteiger partial charge in [-0.3, -0.25) is 4.79 Å². The molecule has 2 rings (SSSR count). The Kier molecular flexibility index (Phi) is 4.41. The van der Waals surface area contributed by atoms with Gasteiger partial charge >= 0.3 is 0 Å². The van der Waals surface area contributed by atoms with E-state index in [1.165, 1.54) is 18.3 Å². The number of amides is 1. The van der Waals surface area contributed by atoms with Gasteiger partial charge in [-0.1, -0.05) is 34.1 Å². The highest BCUT2D eigenvalue weighted by Gasteiger charge is 2.03. The molecule has 0 unspecified atom stereocenters. The third kappa shape index (κ3) is 3.99. The first-order valence-electron chi connectivity index (χ1n) is 5.50. The van der Waals surface area contributed by atoms with E-state index in [0.717, 1.165) is 4.47 Å². The van der Waals surface area contributed by atoms with Crippen LogP contribution in [0.3, 0.4) is 0 Å². The van der Waals surface area contributed by atoms with Crippen molar-refractivity contribution in [2.45, 2.75) is 0 Å². The van der Waals surface area contributed by atoms with Gasteiger partial charge in [0.2, 0.25) is 0 Å². The fraction of sp³-hybridized carbons (Fsp3) is 0. The Morgan fingerprint density at radius 3 is 2.63 bits per heavy atom. The van der Waals surface area contributed by atoms with Crippen molar-refractivity contribution < 1.29 is 9.18 Å². The van der Waals surface area contributed by atoms with Gasteiger partial charge in [0.15, 0.2) is 0 Å². The van der Waals surface area contributed by atoms with Gasteiger partial charge in [-0.05, 0) is 35.9 Å². The number of nitrogens with zero attached hydrogens (tertiary/aromatic N) is 1. The molecule has 0 atom stereocenters. The summed E-state index contributed by atoms with van der Waals surface area (Å²) in [7, 11) is 0. The maximum atomic E-state index is 12.7. The van der Waals surface area contributed by atoms with Crippen LogP contribution in [-0.4, -0.2) is 12.1 Å². The fourth-order valence-electron chi connectivity index (χ4n) is 1.41. The van der Waals surface area contributed by atoms with Gasteiger partial charge in [0.25, 0.3) is 5.91 Å². The summed E-state index contributed by atoms with van der Waals surface area (Å²) in [6, 6.07) is 12.8. The molecule has 0 heterocycles. The summed E-state index contributed by atoms with van der Waals surface area (Å²) < 4.78 is 13.5. The van der Waals surface area contributed by atoms with Gasteiger partial charge in [-0.15, -0.1) is 0 Å². The Labute approximate surface area is 118 Å². The molecule has 96 valence electrons. The number of benzene rings is 2. The highest BCUT2D eigenvalue weighted by atomic mass is 79.9. The zero-order valence-corrected chi connectivity index (χ0v) is 11.4. The second kappa shape index (κ2) is 6.24. The van der Waals surface area contributed by atoms with Crippen LogP contribution in [0.15, 0.2) is 58.1 Å². The first-order chi connectivity index (χ1) is 9.15. The van der Waals surface area contributed by atoms with E-state index in [1.54, 1.807) is 30.3 Å². The summed E-state index contributed by atoms with van der Waals surface area (Å²) in [6.45, 7) is 0. The summed E-state index contributed by atoms with van der Waals surface area (Å²) in [5.74, 6) is -0.616. The molecule has 0 aliphatic carbocycles. The summed E-state index contributed by atoms with van der Waals surface area (Å²) in [6.07, 6.45) is 1.45. The van der Waals surface area contributed by atoms with Gasteiger partial charge in [0.05, 0.1) is 6.21 Å². The van der Waals surface area contributed by atoms with Crippen molar-refractivity contribution in [3.8, 4) is 0 Å². The van der Waals surface area contributed by atoms with Crippen LogP contribution < -0.4 is 5.43 Å². The number of hydrazone groups is 1. The molecule has 0 spiro atoms. The molecular formula is C14H10BrFN2O. The fourth-order valence-corrected chi connectivity index (χ4v) is 1.81. The van der Waals surface area contributed by atoms with Crippen LogP contribution in [0, 0.1) is 5.82 Å². The number of hydrogen-bond donors (Lipinski definition) is 1. The minimum atomic E-state index is -0.310. The van der Waals surface area contributed by atoms with Gasteiger partial charge in [-0.25, -0.2) is 9.82 Å². The predicted molar refractivity (Wildman–Crippen MR) is 75.6 cm³/mol. The molecule has 0 bridgehead atoms. The van der Waals surface area contributed by atoms with Gasteiger partial charge in [-0.2, -0.15) is 5.10 Å². The number of carbonyl (C=O) groups is 1. The summed E-state index contributed by atoms with van der Waals surface area (Å²) >= 11 is 3.29. The average molecular weight is 321 g/mol. The van der Waals surface area contributed by atoms with Crippen LogP contribution in [0.5, 0.6) is 0 Å². The van der Waals surface area contributed by atoms with Crippen LogP contribution in [0.1, 0.15) is 15.9 Å². The Morgan fingerprint density at radius 1 is 1.21 bits per heavy atom. The van der Waals surface area contributed by atoms with E-state index >= 15 is 0 Å². The van der Waals surface area contributed by atoms with E-state index in [0.29, 0.717) is 11.1 Å². The lowest BCUT2D eigenvalue weighted by Crippen LogP contribution is -2.17. The summed E-state index contributed by atoms with van der Waals surface area (Å²) in [5, 5.41) is 3.81. The normalized spacial score (nSPS) is 10.6. The molecule has 5 heteroatoms. The van der Waals surface area contributed by atoms with Crippen LogP contribution in [0.25, 0.3) is 0 Å². The molecule has 1 amide bonds. The molecule has 3 nitrogen and oxygen atoms in total. The quantitative estimate of drug-likeness (QED) is 0.684. The van der Waals surface area contributed by atoms with Crippen molar-refractivity contribution in [1.29, 1.82) is 0 Å². The standard InChI is InChI=1S/C14H10BrFN2O/c15-12-3-1-2-11(8-12)14(19)18-17-9-10-4-6-13(16)7-5-10/h1-9H,(H,18,19)/b17-9-. The molecular weight excluding hydrogens is 311 g/mol. The van der Waals surface area contributed by atoms with E-state index in [9.17, 15) is 9.18 Å². The number of hydrogen-bond acceptors (Lipinski definition) is 2. The van der Waals surface area contributed by atoms with E-state index < -0.39 is 0 Å². The average Bonchev–Trinajstić information content (AvgIpc) is 2.41. The highest BCUT2D eigenvalue weighted by Crippen LogP contribution is 2.11. The Morgan fingerprint density at radius 2 is 1.95 bits per heavy atom. The molecule has 19 heavy (non-hydrogen) atoms. The highest BCUT2D eigenvalue weighted by molar-refractivity contribution is 9.10. The Balaban J connectivity index is 1.98. The van der Waals surface area contributed by atoms with Gasteiger partial charge in [0, 0.05) is 10.0 Å². The van der Waals surface area contributed by atoms with E-state index in [-0.39, 0.29) is 11.7 Å². The third-order valence-corrected chi connectivity index (χ3v) is 2.83. The lowest BCUT2D eigenvalue weighted by atomic mass is 10.2. The number of carbonyl (C=O) groups excluding carboxylic acids is 1. The second-order valence-corrected chi connectivity index (χ2v) is 4.68. The predicted octanol–water partition coefficient (Wildman–Crippen LogP) is 3.35. The minimum absolute atomic E-state index is 0.306. The topological polar surface area (TPSA) is 41.5 Å². The van der Waals surface area contributed by atoms with E-state index in [2.05, 4.69) is 26.5 Å². The SMILES string of the molecule is O=C(N/N=C\c1ccc(F)cc1)c1cccc(Br)c1. The number of nitrogens with one attached hydrogen (secondary N) is 1. The molecule has 0 saturated heterocycles. The lowest BCUT2D eigenvalue weighted by Gasteiger charge is -2.00. The van der Waals surface area contributed by atoms with Crippen LogP contribution in [0.4, 0.5) is 4.39 Å². The molecule has 1 N–H and O–H groups in total. The first-order valence-corrected chi connectivity index (χ1v) is 6.29. The molecule has 0 aliphatic heterocycles. The maximum Gasteiger partial charge on any atom is 0.271 e. The van der Waals surface area contributed by atoms with Crippen LogP contribution in [-0.2, 0) is 0 Å². The Hall–Kier alpha value is -2.01. The molecule has 2 aromatic rings. The van der Waals surface area contributed by atoms with Crippen molar-refractivity contribution in [2.75, 3.05) is 0 Å². The zero-order valence-electron chi connectivity index (χ0n) is 9.81. The molecule has 0 aromatic heterocycles.